The Morgan fingerprint density at radius 1 is 1.00 bits per heavy atom. The first-order chi connectivity index (χ1) is 12.4. The summed E-state index contributed by atoms with van der Waals surface area (Å²) in [6.07, 6.45) is 1.29. The average Bonchev–Trinajstić information content (AvgIpc) is 2.91. The summed E-state index contributed by atoms with van der Waals surface area (Å²) in [7, 11) is 0. The molecule has 4 nitrogen and oxygen atoms in total. The minimum atomic E-state index is -1.55. The lowest BCUT2D eigenvalue weighted by atomic mass is 10.2. The largest absolute Gasteiger partial charge is 0.272 e. The molecule has 0 saturated carbocycles. The number of para-hydroxylation sites is 1. The van der Waals surface area contributed by atoms with Crippen molar-refractivity contribution in [3.8, 4) is 5.69 Å². The van der Waals surface area contributed by atoms with Crippen molar-refractivity contribution in [1.82, 2.24) is 9.78 Å². The number of nitrogens with one attached hydrogen (secondary N) is 1. The molecular formula is C18H14F4N4. The molecule has 26 heavy (non-hydrogen) atoms. The second-order valence-corrected chi connectivity index (χ2v) is 5.55. The molecule has 0 aliphatic heterocycles. The smallest absolute Gasteiger partial charge is 0.186 e. The van der Waals surface area contributed by atoms with Crippen molar-refractivity contribution < 1.29 is 17.6 Å². The van der Waals surface area contributed by atoms with Crippen LogP contribution in [0.5, 0.6) is 0 Å². The molecule has 1 aromatic heterocycles. The summed E-state index contributed by atoms with van der Waals surface area (Å²) < 4.78 is 55.3. The van der Waals surface area contributed by atoms with Gasteiger partial charge < -0.3 is 0 Å². The molecule has 1 N–H and O–H groups in total. The van der Waals surface area contributed by atoms with E-state index >= 15 is 0 Å². The van der Waals surface area contributed by atoms with E-state index in [-0.39, 0.29) is 6.07 Å². The Bertz CT molecular complexity index is 955. The Labute approximate surface area is 146 Å². The topological polar surface area (TPSA) is 42.2 Å². The molecule has 2 aromatic carbocycles. The standard InChI is InChI=1S/C18H14F4N4/c1-10-13(11(2)26(25-10)12-6-4-3-5-7-12)9-23-24-18-16(21)14(19)8-15(20)17(18)22/h3-9,24H,1-2H3/b23-9-. The third-order valence-corrected chi connectivity index (χ3v) is 3.83. The van der Waals surface area contributed by atoms with Gasteiger partial charge in [0.15, 0.2) is 23.3 Å². The molecule has 0 aliphatic rings. The van der Waals surface area contributed by atoms with Gasteiger partial charge in [-0.15, -0.1) is 0 Å². The van der Waals surface area contributed by atoms with Gasteiger partial charge in [-0.2, -0.15) is 10.2 Å². The number of nitrogens with zero attached hydrogens (tertiary/aromatic N) is 3. The van der Waals surface area contributed by atoms with Crippen molar-refractivity contribution in [3.63, 3.8) is 0 Å². The number of benzene rings is 2. The van der Waals surface area contributed by atoms with Gasteiger partial charge in [0.2, 0.25) is 0 Å². The van der Waals surface area contributed by atoms with Gasteiger partial charge in [0.1, 0.15) is 5.69 Å². The molecule has 8 heteroatoms. The van der Waals surface area contributed by atoms with Crippen molar-refractivity contribution >= 4 is 11.9 Å². The van der Waals surface area contributed by atoms with Gasteiger partial charge in [-0.3, -0.25) is 5.43 Å². The number of halogens is 4. The number of aryl methyl sites for hydroxylation is 1. The minimum absolute atomic E-state index is 0.137. The summed E-state index contributed by atoms with van der Waals surface area (Å²) in [4.78, 5) is 0. The Kier molecular flexibility index (Phi) is 4.75. The lowest BCUT2D eigenvalue weighted by Crippen LogP contribution is -2.03. The lowest BCUT2D eigenvalue weighted by Gasteiger charge is -2.06. The lowest BCUT2D eigenvalue weighted by molar-refractivity contribution is 0.458. The second kappa shape index (κ2) is 6.99. The van der Waals surface area contributed by atoms with Crippen LogP contribution in [0.2, 0.25) is 0 Å². The van der Waals surface area contributed by atoms with Gasteiger partial charge in [0.25, 0.3) is 0 Å². The van der Waals surface area contributed by atoms with Crippen LogP contribution in [0.15, 0.2) is 41.5 Å². The van der Waals surface area contributed by atoms with Gasteiger partial charge in [0, 0.05) is 11.6 Å². The van der Waals surface area contributed by atoms with Gasteiger partial charge in [-0.25, -0.2) is 22.2 Å². The highest BCUT2D eigenvalue weighted by molar-refractivity contribution is 5.83. The van der Waals surface area contributed by atoms with E-state index in [1.54, 1.807) is 18.5 Å². The van der Waals surface area contributed by atoms with E-state index in [4.69, 9.17) is 0 Å². The monoisotopic (exact) mass is 362 g/mol. The molecule has 0 aliphatic carbocycles. The van der Waals surface area contributed by atoms with Crippen LogP contribution in [0.25, 0.3) is 5.69 Å². The van der Waals surface area contributed by atoms with Crippen LogP contribution in [0, 0.1) is 37.1 Å². The second-order valence-electron chi connectivity index (χ2n) is 5.55. The predicted octanol–water partition coefficient (Wildman–Crippen LogP) is 4.49. The summed E-state index contributed by atoms with van der Waals surface area (Å²) in [5.74, 6) is -6.11. The van der Waals surface area contributed by atoms with E-state index < -0.39 is 29.0 Å². The minimum Gasteiger partial charge on any atom is -0.272 e. The first-order valence-electron chi connectivity index (χ1n) is 7.64. The molecule has 3 rings (SSSR count). The van der Waals surface area contributed by atoms with Crippen LogP contribution >= 0.6 is 0 Å². The maximum Gasteiger partial charge on any atom is 0.186 e. The van der Waals surface area contributed by atoms with E-state index in [9.17, 15) is 17.6 Å². The highest BCUT2D eigenvalue weighted by Gasteiger charge is 2.19. The molecule has 0 spiro atoms. The number of anilines is 1. The molecule has 0 unspecified atom stereocenters. The zero-order valence-electron chi connectivity index (χ0n) is 13.9. The summed E-state index contributed by atoms with van der Waals surface area (Å²) >= 11 is 0. The van der Waals surface area contributed by atoms with Crippen molar-refractivity contribution in [2.24, 2.45) is 5.10 Å². The summed E-state index contributed by atoms with van der Waals surface area (Å²) in [6, 6.07) is 9.49. The maximum absolute atomic E-state index is 13.6. The summed E-state index contributed by atoms with van der Waals surface area (Å²) in [6.45, 7) is 3.55. The van der Waals surface area contributed by atoms with Crippen LogP contribution < -0.4 is 5.43 Å². The Morgan fingerprint density at radius 2 is 1.62 bits per heavy atom. The molecule has 0 amide bonds. The van der Waals surface area contributed by atoms with Crippen LogP contribution in [-0.2, 0) is 0 Å². The number of hydrogen-bond acceptors (Lipinski definition) is 3. The van der Waals surface area contributed by atoms with Crippen LogP contribution in [0.4, 0.5) is 23.2 Å². The first kappa shape index (κ1) is 17.7. The Balaban J connectivity index is 1.90. The zero-order chi connectivity index (χ0) is 18.8. The molecule has 0 fully saturated rings. The fourth-order valence-electron chi connectivity index (χ4n) is 2.49. The number of aromatic nitrogens is 2. The van der Waals surface area contributed by atoms with Crippen molar-refractivity contribution in [3.05, 3.63) is 76.6 Å². The third kappa shape index (κ3) is 3.17. The molecule has 0 atom stereocenters. The van der Waals surface area contributed by atoms with Gasteiger partial charge in [-0.05, 0) is 26.0 Å². The fourth-order valence-corrected chi connectivity index (χ4v) is 2.49. The molecule has 134 valence electrons. The number of hydrazone groups is 1. The van der Waals surface area contributed by atoms with Gasteiger partial charge in [0.05, 0.1) is 23.3 Å². The van der Waals surface area contributed by atoms with Crippen LogP contribution in [-0.4, -0.2) is 16.0 Å². The summed E-state index contributed by atoms with van der Waals surface area (Å²) in [5.41, 5.74) is 3.84. The molecule has 0 radical (unpaired) electrons. The van der Waals surface area contributed by atoms with Crippen molar-refractivity contribution in [2.75, 3.05) is 5.43 Å². The number of hydrogen-bond donors (Lipinski definition) is 1. The fraction of sp³-hybridized carbons (Fsp3) is 0.111. The molecular weight excluding hydrogens is 348 g/mol. The maximum atomic E-state index is 13.6. The van der Waals surface area contributed by atoms with E-state index in [2.05, 4.69) is 10.2 Å². The van der Waals surface area contributed by atoms with Crippen LogP contribution in [0.1, 0.15) is 17.0 Å². The third-order valence-electron chi connectivity index (χ3n) is 3.83. The number of rotatable bonds is 4. The SMILES string of the molecule is Cc1nn(-c2ccccc2)c(C)c1/C=N\Nc1c(F)c(F)cc(F)c1F. The van der Waals surface area contributed by atoms with E-state index in [1.807, 2.05) is 35.8 Å². The highest BCUT2D eigenvalue weighted by Crippen LogP contribution is 2.24. The normalized spacial score (nSPS) is 11.3. The summed E-state index contributed by atoms with van der Waals surface area (Å²) in [5, 5.41) is 8.10. The van der Waals surface area contributed by atoms with Crippen molar-refractivity contribution in [2.45, 2.75) is 13.8 Å². The molecule has 3 aromatic rings. The van der Waals surface area contributed by atoms with Gasteiger partial charge >= 0.3 is 0 Å². The predicted molar refractivity (Wildman–Crippen MR) is 90.5 cm³/mol. The van der Waals surface area contributed by atoms with Gasteiger partial charge in [-0.1, -0.05) is 18.2 Å². The quantitative estimate of drug-likeness (QED) is 0.322. The Hall–Kier alpha value is -3.16. The Morgan fingerprint density at radius 3 is 2.23 bits per heavy atom. The van der Waals surface area contributed by atoms with E-state index in [0.29, 0.717) is 11.3 Å². The molecule has 0 bridgehead atoms. The zero-order valence-corrected chi connectivity index (χ0v) is 13.9. The van der Waals surface area contributed by atoms with Crippen molar-refractivity contribution in [1.29, 1.82) is 0 Å². The van der Waals surface area contributed by atoms with E-state index in [0.717, 1.165) is 11.4 Å². The highest BCUT2D eigenvalue weighted by atomic mass is 19.2. The average molecular weight is 362 g/mol. The van der Waals surface area contributed by atoms with E-state index in [1.165, 1.54) is 6.21 Å². The molecule has 1 heterocycles. The first-order valence-corrected chi connectivity index (χ1v) is 7.64. The van der Waals surface area contributed by atoms with Crippen LogP contribution in [0.3, 0.4) is 0 Å². The molecule has 0 saturated heterocycles.